The summed E-state index contributed by atoms with van der Waals surface area (Å²) >= 11 is 0. The van der Waals surface area contributed by atoms with Crippen LogP contribution in [0, 0.1) is 0 Å². The molecule has 0 amide bonds. The van der Waals surface area contributed by atoms with Gasteiger partial charge in [0.15, 0.2) is 0 Å². The summed E-state index contributed by atoms with van der Waals surface area (Å²) in [6, 6.07) is -0.440. The first kappa shape index (κ1) is 11.4. The molecule has 4 nitrogen and oxygen atoms in total. The van der Waals surface area contributed by atoms with Crippen LogP contribution in [0.25, 0.3) is 0 Å². The van der Waals surface area contributed by atoms with Crippen LogP contribution in [0.3, 0.4) is 0 Å². The monoisotopic (exact) mass is 205 g/mol. The largest absolute Gasteiger partial charge is 0.468 e. The van der Waals surface area contributed by atoms with E-state index < -0.39 is 12.2 Å². The molecule has 0 aromatic rings. The standard InChI is InChI=1S/C9H16FNO3/c1-13-4-3-11-6-7(10)5-8(11)9(12)14-2/h7-8H,3-6H2,1-2H3. The van der Waals surface area contributed by atoms with Crippen molar-refractivity contribution in [1.82, 2.24) is 4.90 Å². The maximum absolute atomic E-state index is 13.1. The summed E-state index contributed by atoms with van der Waals surface area (Å²) in [5.41, 5.74) is 0. The number of ether oxygens (including phenoxy) is 2. The highest BCUT2D eigenvalue weighted by Gasteiger charge is 2.37. The molecule has 1 aliphatic rings. The van der Waals surface area contributed by atoms with Crippen LogP contribution in [0.5, 0.6) is 0 Å². The number of likely N-dealkylation sites (tertiary alicyclic amines) is 1. The Kier molecular flexibility index (Phi) is 4.28. The van der Waals surface area contributed by atoms with Crippen LogP contribution in [0.15, 0.2) is 0 Å². The van der Waals surface area contributed by atoms with E-state index in [1.165, 1.54) is 7.11 Å². The van der Waals surface area contributed by atoms with Crippen LogP contribution in [-0.4, -0.2) is 57.0 Å². The van der Waals surface area contributed by atoms with Crippen molar-refractivity contribution in [3.8, 4) is 0 Å². The molecule has 1 fully saturated rings. The zero-order chi connectivity index (χ0) is 10.6. The lowest BCUT2D eigenvalue weighted by molar-refractivity contribution is -0.146. The average Bonchev–Trinajstić information content (AvgIpc) is 2.55. The summed E-state index contributed by atoms with van der Waals surface area (Å²) in [6.07, 6.45) is -0.702. The van der Waals surface area contributed by atoms with E-state index in [1.807, 2.05) is 0 Å². The number of carbonyl (C=O) groups is 1. The maximum atomic E-state index is 13.1. The molecule has 0 radical (unpaired) electrons. The number of esters is 1. The van der Waals surface area contributed by atoms with E-state index in [4.69, 9.17) is 4.74 Å². The van der Waals surface area contributed by atoms with Crippen molar-refractivity contribution in [3.05, 3.63) is 0 Å². The van der Waals surface area contributed by atoms with Crippen LogP contribution < -0.4 is 0 Å². The predicted molar refractivity (Wildman–Crippen MR) is 48.8 cm³/mol. The molecule has 0 bridgehead atoms. The van der Waals surface area contributed by atoms with Crippen molar-refractivity contribution >= 4 is 5.97 Å². The van der Waals surface area contributed by atoms with Crippen molar-refractivity contribution in [2.75, 3.05) is 33.9 Å². The third-order valence-electron chi connectivity index (χ3n) is 2.41. The number of hydrogen-bond donors (Lipinski definition) is 0. The molecule has 5 heteroatoms. The normalized spacial score (nSPS) is 27.9. The van der Waals surface area contributed by atoms with Crippen LogP contribution >= 0.6 is 0 Å². The minimum absolute atomic E-state index is 0.233. The first-order chi connectivity index (χ1) is 6.69. The van der Waals surface area contributed by atoms with E-state index in [-0.39, 0.29) is 12.4 Å². The topological polar surface area (TPSA) is 38.8 Å². The summed E-state index contributed by atoms with van der Waals surface area (Å²) in [4.78, 5) is 13.0. The van der Waals surface area contributed by atoms with Gasteiger partial charge >= 0.3 is 5.97 Å². The van der Waals surface area contributed by atoms with Gasteiger partial charge in [-0.15, -0.1) is 0 Å². The number of carbonyl (C=O) groups excluding carboxylic acids is 1. The Balaban J connectivity index is 2.49. The summed E-state index contributed by atoms with van der Waals surface area (Å²) in [5.74, 6) is -0.360. The van der Waals surface area contributed by atoms with Gasteiger partial charge in [0.05, 0.1) is 13.7 Å². The fourth-order valence-corrected chi connectivity index (χ4v) is 1.68. The number of alkyl halides is 1. The highest BCUT2D eigenvalue weighted by molar-refractivity contribution is 5.76. The Morgan fingerprint density at radius 3 is 2.86 bits per heavy atom. The van der Waals surface area contributed by atoms with Gasteiger partial charge in [0.25, 0.3) is 0 Å². The van der Waals surface area contributed by atoms with Crippen molar-refractivity contribution in [1.29, 1.82) is 0 Å². The Labute approximate surface area is 83.0 Å². The fourth-order valence-electron chi connectivity index (χ4n) is 1.68. The quantitative estimate of drug-likeness (QED) is 0.615. The van der Waals surface area contributed by atoms with Crippen molar-refractivity contribution in [3.63, 3.8) is 0 Å². The second-order valence-electron chi connectivity index (χ2n) is 3.36. The lowest BCUT2D eigenvalue weighted by Gasteiger charge is -2.20. The number of nitrogens with zero attached hydrogens (tertiary/aromatic N) is 1. The molecule has 1 heterocycles. The van der Waals surface area contributed by atoms with Gasteiger partial charge in [0.1, 0.15) is 12.2 Å². The summed E-state index contributed by atoms with van der Waals surface area (Å²) in [6.45, 7) is 1.36. The molecule has 1 saturated heterocycles. The minimum atomic E-state index is -0.934. The van der Waals surface area contributed by atoms with Gasteiger partial charge in [0, 0.05) is 26.6 Å². The number of rotatable bonds is 4. The fraction of sp³-hybridized carbons (Fsp3) is 0.889. The van der Waals surface area contributed by atoms with Crippen LogP contribution in [0.2, 0.25) is 0 Å². The van der Waals surface area contributed by atoms with E-state index in [9.17, 15) is 9.18 Å². The molecule has 2 atom stereocenters. The third kappa shape index (κ3) is 2.65. The molecule has 0 aromatic carbocycles. The minimum Gasteiger partial charge on any atom is -0.468 e. The highest BCUT2D eigenvalue weighted by atomic mass is 19.1. The molecule has 1 aliphatic heterocycles. The van der Waals surface area contributed by atoms with Crippen LogP contribution in [-0.2, 0) is 14.3 Å². The van der Waals surface area contributed by atoms with Crippen molar-refractivity contribution in [2.24, 2.45) is 0 Å². The van der Waals surface area contributed by atoms with E-state index in [2.05, 4.69) is 4.74 Å². The van der Waals surface area contributed by atoms with Gasteiger partial charge in [-0.05, 0) is 0 Å². The molecule has 82 valence electrons. The number of hydrogen-bond acceptors (Lipinski definition) is 4. The number of halogens is 1. The molecule has 0 saturated carbocycles. The first-order valence-electron chi connectivity index (χ1n) is 4.64. The summed E-state index contributed by atoms with van der Waals surface area (Å²) in [5, 5.41) is 0. The predicted octanol–water partition coefficient (Wildman–Crippen LogP) is 0.218. The molecule has 0 aliphatic carbocycles. The van der Waals surface area contributed by atoms with Gasteiger partial charge in [-0.2, -0.15) is 0 Å². The SMILES string of the molecule is COCCN1CC(F)CC1C(=O)OC. The second-order valence-corrected chi connectivity index (χ2v) is 3.36. The van der Waals surface area contributed by atoms with Gasteiger partial charge < -0.3 is 9.47 Å². The Bertz CT molecular complexity index is 200. The Morgan fingerprint density at radius 2 is 2.29 bits per heavy atom. The highest BCUT2D eigenvalue weighted by Crippen LogP contribution is 2.20. The maximum Gasteiger partial charge on any atom is 0.323 e. The zero-order valence-electron chi connectivity index (χ0n) is 8.53. The van der Waals surface area contributed by atoms with E-state index >= 15 is 0 Å². The van der Waals surface area contributed by atoms with Gasteiger partial charge in [0.2, 0.25) is 0 Å². The molecule has 2 unspecified atom stereocenters. The molecule has 0 spiro atoms. The molecular formula is C9H16FNO3. The summed E-state index contributed by atoms with van der Waals surface area (Å²) in [7, 11) is 2.90. The van der Waals surface area contributed by atoms with Crippen LogP contribution in [0.1, 0.15) is 6.42 Å². The van der Waals surface area contributed by atoms with Gasteiger partial charge in [-0.1, -0.05) is 0 Å². The second kappa shape index (κ2) is 5.26. The van der Waals surface area contributed by atoms with E-state index in [0.29, 0.717) is 19.7 Å². The molecule has 14 heavy (non-hydrogen) atoms. The third-order valence-corrected chi connectivity index (χ3v) is 2.41. The lowest BCUT2D eigenvalue weighted by Crippen LogP contribution is -2.38. The van der Waals surface area contributed by atoms with Crippen molar-refractivity contribution in [2.45, 2.75) is 18.6 Å². The molecule has 1 rings (SSSR count). The van der Waals surface area contributed by atoms with Gasteiger partial charge in [-0.3, -0.25) is 9.69 Å². The number of methoxy groups -OCH3 is 2. The first-order valence-corrected chi connectivity index (χ1v) is 4.64. The average molecular weight is 205 g/mol. The smallest absolute Gasteiger partial charge is 0.323 e. The zero-order valence-corrected chi connectivity index (χ0v) is 8.53. The van der Waals surface area contributed by atoms with Crippen LogP contribution in [0.4, 0.5) is 4.39 Å². The molecule has 0 N–H and O–H groups in total. The van der Waals surface area contributed by atoms with Gasteiger partial charge in [-0.25, -0.2) is 4.39 Å². The molecule has 0 aromatic heterocycles. The summed E-state index contributed by atoms with van der Waals surface area (Å²) < 4.78 is 22.5. The van der Waals surface area contributed by atoms with E-state index in [0.717, 1.165) is 0 Å². The lowest BCUT2D eigenvalue weighted by atomic mass is 10.2. The Morgan fingerprint density at radius 1 is 1.57 bits per heavy atom. The Hall–Kier alpha value is -0.680. The molecular weight excluding hydrogens is 189 g/mol. The van der Waals surface area contributed by atoms with Crippen molar-refractivity contribution < 1.29 is 18.7 Å². The van der Waals surface area contributed by atoms with E-state index in [1.54, 1.807) is 12.0 Å².